The van der Waals surface area contributed by atoms with Crippen molar-refractivity contribution in [3.05, 3.63) is 36.3 Å². The van der Waals surface area contributed by atoms with Crippen LogP contribution in [0.4, 0.5) is 27.8 Å². The van der Waals surface area contributed by atoms with Crippen molar-refractivity contribution in [2.24, 2.45) is 0 Å². The summed E-state index contributed by atoms with van der Waals surface area (Å²) in [6, 6.07) is 3.75. The summed E-state index contributed by atoms with van der Waals surface area (Å²) in [5.41, 5.74) is 1.11. The molecule has 9 nitrogen and oxygen atoms in total. The highest BCUT2D eigenvalue weighted by Gasteiger charge is 2.36. The van der Waals surface area contributed by atoms with Gasteiger partial charge >= 0.3 is 0 Å². The fourth-order valence-electron chi connectivity index (χ4n) is 4.54. The van der Waals surface area contributed by atoms with Crippen LogP contribution in [0.3, 0.4) is 0 Å². The van der Waals surface area contributed by atoms with Gasteiger partial charge < -0.3 is 25.3 Å². The molecule has 0 radical (unpaired) electrons. The number of hydrogen-bond donors (Lipinski definition) is 3. The third-order valence-electron chi connectivity index (χ3n) is 6.80. The number of rotatable bonds is 5. The van der Waals surface area contributed by atoms with Crippen LogP contribution in [0.1, 0.15) is 38.7 Å². The normalized spacial score (nSPS) is 25.0. The van der Waals surface area contributed by atoms with Gasteiger partial charge in [0.2, 0.25) is 5.95 Å². The molecule has 0 unspecified atom stereocenters. The molecule has 2 aliphatic heterocycles. The van der Waals surface area contributed by atoms with E-state index in [1.165, 1.54) is 0 Å². The molecule has 2 saturated heterocycles. The maximum absolute atomic E-state index is 14.0. The van der Waals surface area contributed by atoms with E-state index in [4.69, 9.17) is 4.98 Å². The molecule has 5 heterocycles. The van der Waals surface area contributed by atoms with E-state index in [2.05, 4.69) is 39.0 Å². The van der Waals surface area contributed by atoms with E-state index >= 15 is 0 Å². The number of aromatic nitrogens is 4. The SMILES string of the molecule is CC(C)c1cnc(N2C[C@H](O)[C@H]2C)c2cnc(Nc3ccnc(N4CC[C@@H](O)[C@@H](F)C4)n3)cc12. The number of anilines is 4. The molecular weight excluding hydrogens is 437 g/mol. The summed E-state index contributed by atoms with van der Waals surface area (Å²) in [6.07, 6.45) is 3.09. The van der Waals surface area contributed by atoms with Gasteiger partial charge in [-0.2, -0.15) is 4.98 Å². The molecule has 4 atom stereocenters. The van der Waals surface area contributed by atoms with Crippen molar-refractivity contribution < 1.29 is 14.6 Å². The number of β-amino-alcohol motifs (C(OH)–C–C–N with tert-alkyl or cyclic N) is 1. The third kappa shape index (κ3) is 4.12. The van der Waals surface area contributed by atoms with Crippen LogP contribution in [0, 0.1) is 0 Å². The Labute approximate surface area is 197 Å². The zero-order valence-electron chi connectivity index (χ0n) is 19.6. The van der Waals surface area contributed by atoms with E-state index in [0.717, 1.165) is 22.2 Å². The van der Waals surface area contributed by atoms with Gasteiger partial charge in [-0.05, 0) is 42.3 Å². The number of nitrogens with one attached hydrogen (secondary N) is 1. The van der Waals surface area contributed by atoms with E-state index in [1.807, 2.05) is 25.4 Å². The number of alkyl halides is 1. The minimum atomic E-state index is -1.32. The second kappa shape index (κ2) is 8.92. The molecule has 2 aliphatic rings. The molecule has 180 valence electrons. The van der Waals surface area contributed by atoms with Crippen molar-refractivity contribution in [3.63, 3.8) is 0 Å². The van der Waals surface area contributed by atoms with Gasteiger partial charge in [0, 0.05) is 37.1 Å². The molecule has 5 rings (SSSR count). The molecule has 0 amide bonds. The molecule has 3 aromatic rings. The van der Waals surface area contributed by atoms with E-state index < -0.39 is 12.3 Å². The highest BCUT2D eigenvalue weighted by molar-refractivity contribution is 5.96. The van der Waals surface area contributed by atoms with Crippen LogP contribution >= 0.6 is 0 Å². The number of pyridine rings is 2. The maximum atomic E-state index is 14.0. The van der Waals surface area contributed by atoms with Crippen LogP contribution < -0.4 is 15.1 Å². The monoisotopic (exact) mass is 467 g/mol. The molecule has 0 saturated carbocycles. The molecule has 2 fully saturated rings. The van der Waals surface area contributed by atoms with Crippen molar-refractivity contribution in [3.8, 4) is 0 Å². The van der Waals surface area contributed by atoms with Crippen LogP contribution in [0.25, 0.3) is 10.8 Å². The number of aliphatic hydroxyl groups excluding tert-OH is 2. The van der Waals surface area contributed by atoms with Crippen LogP contribution in [0.2, 0.25) is 0 Å². The first-order valence-corrected chi connectivity index (χ1v) is 11.7. The van der Waals surface area contributed by atoms with Crippen molar-refractivity contribution >= 4 is 34.2 Å². The van der Waals surface area contributed by atoms with Gasteiger partial charge in [-0.3, -0.25) is 0 Å². The van der Waals surface area contributed by atoms with Crippen molar-refractivity contribution in [2.75, 3.05) is 34.8 Å². The van der Waals surface area contributed by atoms with Gasteiger partial charge in [0.05, 0.1) is 24.8 Å². The first-order chi connectivity index (χ1) is 16.3. The molecule has 0 bridgehead atoms. The van der Waals surface area contributed by atoms with Gasteiger partial charge in [-0.15, -0.1) is 0 Å². The highest BCUT2D eigenvalue weighted by atomic mass is 19.1. The largest absolute Gasteiger partial charge is 0.390 e. The Bertz CT molecular complexity index is 1190. The molecule has 34 heavy (non-hydrogen) atoms. The lowest BCUT2D eigenvalue weighted by Crippen LogP contribution is -2.59. The van der Waals surface area contributed by atoms with Crippen molar-refractivity contribution in [1.29, 1.82) is 0 Å². The maximum Gasteiger partial charge on any atom is 0.227 e. The number of halogens is 1. The smallest absolute Gasteiger partial charge is 0.227 e. The minimum Gasteiger partial charge on any atom is -0.390 e. The Morgan fingerprint density at radius 2 is 1.88 bits per heavy atom. The van der Waals surface area contributed by atoms with Crippen molar-refractivity contribution in [2.45, 2.75) is 57.5 Å². The molecule has 3 aromatic heterocycles. The van der Waals surface area contributed by atoms with Crippen molar-refractivity contribution in [1.82, 2.24) is 19.9 Å². The van der Waals surface area contributed by atoms with E-state index in [-0.39, 0.29) is 24.6 Å². The highest BCUT2D eigenvalue weighted by Crippen LogP contribution is 2.36. The Kier molecular flexibility index (Phi) is 5.95. The van der Waals surface area contributed by atoms with E-state index in [0.29, 0.717) is 37.1 Å². The lowest BCUT2D eigenvalue weighted by molar-refractivity contribution is 0.0612. The average molecular weight is 468 g/mol. The summed E-state index contributed by atoms with van der Waals surface area (Å²) >= 11 is 0. The second-order valence-corrected chi connectivity index (χ2v) is 9.45. The Morgan fingerprint density at radius 3 is 2.59 bits per heavy atom. The molecule has 10 heteroatoms. The summed E-state index contributed by atoms with van der Waals surface area (Å²) < 4.78 is 14.0. The summed E-state index contributed by atoms with van der Waals surface area (Å²) in [5, 5.41) is 24.9. The average Bonchev–Trinajstić information content (AvgIpc) is 2.83. The molecule has 0 spiro atoms. The lowest BCUT2D eigenvalue weighted by atomic mass is 9.96. The second-order valence-electron chi connectivity index (χ2n) is 9.45. The summed E-state index contributed by atoms with van der Waals surface area (Å²) in [4.78, 5) is 22.0. The molecule has 3 N–H and O–H groups in total. The number of piperidine rings is 1. The van der Waals surface area contributed by atoms with Crippen LogP contribution in [-0.2, 0) is 0 Å². The fraction of sp³-hybridized carbons (Fsp3) is 0.500. The Balaban J connectivity index is 1.44. The van der Waals surface area contributed by atoms with Gasteiger partial charge in [-0.1, -0.05) is 13.8 Å². The zero-order chi connectivity index (χ0) is 24.0. The minimum absolute atomic E-state index is 0.0117. The number of aliphatic hydroxyl groups is 2. The first-order valence-electron chi connectivity index (χ1n) is 11.7. The van der Waals surface area contributed by atoms with Gasteiger partial charge in [0.15, 0.2) is 0 Å². The standard InChI is InChI=1S/C24H30FN7O2/c1-13(2)16-9-28-23(32-12-20(34)14(32)3)17-10-27-22(8-15(16)17)29-21-4-6-26-24(30-21)31-7-5-19(33)18(25)11-31/h4,6,8-10,13-14,18-20,33-34H,5,7,11-12H2,1-3H3,(H,26,27,29,30)/t14-,18+,19-,20+/m1/s1. The third-order valence-corrected chi connectivity index (χ3v) is 6.80. The number of nitrogens with zero attached hydrogens (tertiary/aromatic N) is 6. The van der Waals surface area contributed by atoms with Gasteiger partial charge in [0.1, 0.15) is 23.6 Å². The summed E-state index contributed by atoms with van der Waals surface area (Å²) in [5.74, 6) is 2.70. The van der Waals surface area contributed by atoms with Crippen LogP contribution in [0.15, 0.2) is 30.7 Å². The topological polar surface area (TPSA) is 111 Å². The predicted octanol–water partition coefficient (Wildman–Crippen LogP) is 2.77. The molecule has 0 aromatic carbocycles. The lowest BCUT2D eigenvalue weighted by Gasteiger charge is -2.44. The summed E-state index contributed by atoms with van der Waals surface area (Å²) in [7, 11) is 0. The Hall–Kier alpha value is -3.11. The fourth-order valence-corrected chi connectivity index (χ4v) is 4.54. The van der Waals surface area contributed by atoms with E-state index in [1.54, 1.807) is 17.2 Å². The number of fused-ring (bicyclic) bond motifs is 1. The van der Waals surface area contributed by atoms with E-state index in [9.17, 15) is 14.6 Å². The van der Waals surface area contributed by atoms with Gasteiger partial charge in [0.25, 0.3) is 0 Å². The molecule has 0 aliphatic carbocycles. The van der Waals surface area contributed by atoms with Gasteiger partial charge in [-0.25, -0.2) is 19.3 Å². The predicted molar refractivity (Wildman–Crippen MR) is 129 cm³/mol. The summed E-state index contributed by atoms with van der Waals surface area (Å²) in [6.45, 7) is 7.37. The molecular formula is C24H30FN7O2. The quantitative estimate of drug-likeness (QED) is 0.522. The van der Waals surface area contributed by atoms with Crippen LogP contribution in [0.5, 0.6) is 0 Å². The van der Waals surface area contributed by atoms with Crippen LogP contribution in [-0.4, -0.2) is 74.2 Å². The Morgan fingerprint density at radius 1 is 1.06 bits per heavy atom. The number of hydrogen-bond acceptors (Lipinski definition) is 9. The zero-order valence-corrected chi connectivity index (χ0v) is 19.6. The first kappa shape index (κ1) is 22.7.